The second-order valence-corrected chi connectivity index (χ2v) is 8.40. The van der Waals surface area contributed by atoms with Crippen LogP contribution in [-0.2, 0) is 24.1 Å². The van der Waals surface area contributed by atoms with E-state index in [9.17, 15) is 4.79 Å². The van der Waals surface area contributed by atoms with Gasteiger partial charge in [0.1, 0.15) is 5.69 Å². The van der Waals surface area contributed by atoms with Crippen LogP contribution in [0, 0.1) is 0 Å². The zero-order chi connectivity index (χ0) is 21.5. The number of carbonyl (C=O) groups is 1. The van der Waals surface area contributed by atoms with Gasteiger partial charge < -0.3 is 9.64 Å². The third-order valence-electron chi connectivity index (χ3n) is 6.48. The van der Waals surface area contributed by atoms with Crippen molar-refractivity contribution < 1.29 is 9.53 Å². The fraction of sp³-hybridized carbons (Fsp3) is 0.269. The predicted octanol–water partition coefficient (Wildman–Crippen LogP) is 3.65. The zero-order valence-electron chi connectivity index (χ0n) is 17.8. The van der Waals surface area contributed by atoms with Crippen LogP contribution >= 0.6 is 0 Å². The number of rotatable bonds is 3. The Morgan fingerprint density at radius 1 is 0.938 bits per heavy atom. The van der Waals surface area contributed by atoms with Crippen LogP contribution in [0.4, 0.5) is 5.69 Å². The lowest BCUT2D eigenvalue weighted by Gasteiger charge is -2.31. The Kier molecular flexibility index (Phi) is 4.72. The molecule has 0 radical (unpaired) electrons. The van der Waals surface area contributed by atoms with Gasteiger partial charge in [-0.1, -0.05) is 54.6 Å². The average molecular weight is 425 g/mol. The number of anilines is 1. The first kappa shape index (κ1) is 19.2. The second-order valence-electron chi connectivity index (χ2n) is 8.40. The van der Waals surface area contributed by atoms with Crippen molar-refractivity contribution >= 4 is 22.5 Å². The Morgan fingerprint density at radius 3 is 2.56 bits per heavy atom. The van der Waals surface area contributed by atoms with Gasteiger partial charge in [-0.25, -0.2) is 9.67 Å². The molecule has 0 unspecified atom stereocenters. The lowest BCUT2D eigenvalue weighted by atomic mass is 10.0. The Hall–Kier alpha value is -3.51. The van der Waals surface area contributed by atoms with Crippen molar-refractivity contribution in [1.82, 2.24) is 14.8 Å². The van der Waals surface area contributed by atoms with E-state index in [1.54, 1.807) is 0 Å². The SMILES string of the molecule is O=C1c2ccccc2CCc2c1nc1c(cnn1Cc1ccccc1)c2N1CCOCC1. The molecule has 1 aliphatic heterocycles. The first-order chi connectivity index (χ1) is 15.8. The van der Waals surface area contributed by atoms with Gasteiger partial charge in [0.2, 0.25) is 5.78 Å². The number of hydrogen-bond donors (Lipinski definition) is 0. The largest absolute Gasteiger partial charge is 0.378 e. The monoisotopic (exact) mass is 424 g/mol. The number of ketones is 1. The number of morpholine rings is 1. The van der Waals surface area contributed by atoms with Crippen LogP contribution in [0.3, 0.4) is 0 Å². The average Bonchev–Trinajstić information content (AvgIpc) is 3.18. The Morgan fingerprint density at radius 2 is 1.72 bits per heavy atom. The molecule has 1 saturated heterocycles. The van der Waals surface area contributed by atoms with Gasteiger partial charge in [0.05, 0.1) is 37.0 Å². The number of pyridine rings is 1. The zero-order valence-corrected chi connectivity index (χ0v) is 17.8. The first-order valence-corrected chi connectivity index (χ1v) is 11.2. The van der Waals surface area contributed by atoms with Crippen molar-refractivity contribution in [2.45, 2.75) is 19.4 Å². The topological polar surface area (TPSA) is 60.2 Å². The van der Waals surface area contributed by atoms with Gasteiger partial charge in [0, 0.05) is 24.2 Å². The van der Waals surface area contributed by atoms with Crippen molar-refractivity contribution in [3.05, 3.63) is 88.7 Å². The molecule has 4 aromatic rings. The molecule has 0 atom stereocenters. The van der Waals surface area contributed by atoms with Crippen molar-refractivity contribution in [3.8, 4) is 0 Å². The van der Waals surface area contributed by atoms with Crippen molar-refractivity contribution in [2.24, 2.45) is 0 Å². The highest BCUT2D eigenvalue weighted by Gasteiger charge is 2.30. The molecule has 32 heavy (non-hydrogen) atoms. The number of nitrogens with zero attached hydrogens (tertiary/aromatic N) is 4. The number of fused-ring (bicyclic) bond motifs is 3. The molecular weight excluding hydrogens is 400 g/mol. The summed E-state index contributed by atoms with van der Waals surface area (Å²) >= 11 is 0. The summed E-state index contributed by atoms with van der Waals surface area (Å²) in [5, 5.41) is 5.71. The molecule has 0 amide bonds. The number of ether oxygens (including phenoxy) is 1. The number of aryl methyl sites for hydroxylation is 1. The predicted molar refractivity (Wildman–Crippen MR) is 123 cm³/mol. The summed E-state index contributed by atoms with van der Waals surface area (Å²) in [7, 11) is 0. The highest BCUT2D eigenvalue weighted by molar-refractivity contribution is 6.12. The van der Waals surface area contributed by atoms with E-state index in [0.717, 1.165) is 64.9 Å². The van der Waals surface area contributed by atoms with E-state index in [-0.39, 0.29) is 5.78 Å². The third-order valence-corrected chi connectivity index (χ3v) is 6.48. The fourth-order valence-corrected chi connectivity index (χ4v) is 4.90. The molecule has 0 spiro atoms. The number of carbonyl (C=O) groups excluding carboxylic acids is 1. The van der Waals surface area contributed by atoms with Gasteiger partial charge in [-0.05, 0) is 24.0 Å². The van der Waals surface area contributed by atoms with Gasteiger partial charge in [-0.2, -0.15) is 5.10 Å². The minimum Gasteiger partial charge on any atom is -0.378 e. The van der Waals surface area contributed by atoms with E-state index < -0.39 is 0 Å². The van der Waals surface area contributed by atoms with E-state index in [0.29, 0.717) is 25.5 Å². The molecule has 6 heteroatoms. The molecule has 6 rings (SSSR count). The molecule has 2 aliphatic rings. The van der Waals surface area contributed by atoms with Crippen LogP contribution in [0.2, 0.25) is 0 Å². The lowest BCUT2D eigenvalue weighted by Crippen LogP contribution is -2.37. The maximum Gasteiger partial charge on any atom is 0.212 e. The Balaban J connectivity index is 1.56. The highest BCUT2D eigenvalue weighted by atomic mass is 16.5. The van der Waals surface area contributed by atoms with Crippen LogP contribution in [0.5, 0.6) is 0 Å². The van der Waals surface area contributed by atoms with E-state index in [1.807, 2.05) is 47.3 Å². The van der Waals surface area contributed by atoms with Gasteiger partial charge in [-0.3, -0.25) is 4.79 Å². The van der Waals surface area contributed by atoms with Gasteiger partial charge in [0.25, 0.3) is 0 Å². The summed E-state index contributed by atoms with van der Waals surface area (Å²) < 4.78 is 7.53. The van der Waals surface area contributed by atoms with Crippen LogP contribution in [0.1, 0.15) is 32.7 Å². The Bertz CT molecular complexity index is 1310. The summed E-state index contributed by atoms with van der Waals surface area (Å²) in [5.41, 5.74) is 6.49. The van der Waals surface area contributed by atoms with E-state index in [2.05, 4.69) is 23.1 Å². The number of hydrogen-bond acceptors (Lipinski definition) is 5. The standard InChI is InChI=1S/C26H24N4O2/c31-25-20-9-5-4-8-19(20)10-11-21-23(25)28-26-22(24(21)29-12-14-32-15-13-29)16-27-30(26)17-18-6-2-1-3-7-18/h1-9,16H,10-15,17H2. The maximum atomic E-state index is 13.7. The summed E-state index contributed by atoms with van der Waals surface area (Å²) in [6.45, 7) is 3.59. The molecule has 2 aromatic heterocycles. The fourth-order valence-electron chi connectivity index (χ4n) is 4.90. The van der Waals surface area contributed by atoms with Crippen molar-refractivity contribution in [3.63, 3.8) is 0 Å². The molecule has 160 valence electrons. The molecular formula is C26H24N4O2. The number of aromatic nitrogens is 3. The minimum absolute atomic E-state index is 0.0111. The van der Waals surface area contributed by atoms with Crippen LogP contribution in [-0.4, -0.2) is 46.9 Å². The third kappa shape index (κ3) is 3.19. The van der Waals surface area contributed by atoms with Crippen molar-refractivity contribution in [1.29, 1.82) is 0 Å². The molecule has 0 saturated carbocycles. The molecule has 3 heterocycles. The first-order valence-electron chi connectivity index (χ1n) is 11.2. The normalized spacial score (nSPS) is 16.0. The Labute approximate surface area is 186 Å². The molecule has 2 aromatic carbocycles. The van der Waals surface area contributed by atoms with E-state index in [4.69, 9.17) is 14.8 Å². The lowest BCUT2D eigenvalue weighted by molar-refractivity contribution is 0.103. The second kappa shape index (κ2) is 7.88. The van der Waals surface area contributed by atoms with Gasteiger partial charge in [0.15, 0.2) is 5.65 Å². The van der Waals surface area contributed by atoms with Crippen LogP contribution < -0.4 is 4.90 Å². The molecule has 1 fully saturated rings. The van der Waals surface area contributed by atoms with Crippen LogP contribution in [0.15, 0.2) is 60.8 Å². The smallest absolute Gasteiger partial charge is 0.212 e. The summed E-state index contributed by atoms with van der Waals surface area (Å²) in [6, 6.07) is 18.2. The van der Waals surface area contributed by atoms with Gasteiger partial charge >= 0.3 is 0 Å². The van der Waals surface area contributed by atoms with E-state index >= 15 is 0 Å². The van der Waals surface area contributed by atoms with Crippen molar-refractivity contribution in [2.75, 3.05) is 31.2 Å². The molecule has 6 nitrogen and oxygen atoms in total. The van der Waals surface area contributed by atoms with E-state index in [1.165, 1.54) is 0 Å². The summed E-state index contributed by atoms with van der Waals surface area (Å²) in [5.74, 6) is 0.0111. The molecule has 1 aliphatic carbocycles. The summed E-state index contributed by atoms with van der Waals surface area (Å²) in [4.78, 5) is 21.0. The quantitative estimate of drug-likeness (QED) is 0.503. The van der Waals surface area contributed by atoms with Crippen LogP contribution in [0.25, 0.3) is 11.0 Å². The molecule has 0 N–H and O–H groups in total. The number of benzene rings is 2. The maximum absolute atomic E-state index is 13.7. The summed E-state index contributed by atoms with van der Waals surface area (Å²) in [6.07, 6.45) is 3.54. The highest BCUT2D eigenvalue weighted by Crippen LogP contribution is 2.36. The molecule has 0 bridgehead atoms. The minimum atomic E-state index is 0.0111. The van der Waals surface area contributed by atoms with Gasteiger partial charge in [-0.15, -0.1) is 0 Å².